The van der Waals surface area contributed by atoms with Crippen molar-refractivity contribution < 1.29 is 1.37 Å². The van der Waals surface area contributed by atoms with Gasteiger partial charge in [-0.25, -0.2) is 0 Å². The molecule has 1 heterocycles. The molecule has 0 saturated carbocycles. The lowest BCUT2D eigenvalue weighted by Crippen LogP contribution is -1.70. The normalized spacial score (nSPS) is 11.9. The summed E-state index contributed by atoms with van der Waals surface area (Å²) >= 11 is 5.71. The van der Waals surface area contributed by atoms with Gasteiger partial charge in [0.1, 0.15) is 0 Å². The minimum absolute atomic E-state index is 0.392. The summed E-state index contributed by atoms with van der Waals surface area (Å²) < 4.78 is 7.56. The Bertz CT molecular complexity index is 408. The molecule has 0 radical (unpaired) electrons. The summed E-state index contributed by atoms with van der Waals surface area (Å²) in [6.45, 7) is 0. The topological polar surface area (TPSA) is 15.8 Å². The molecule has 0 spiro atoms. The lowest BCUT2D eigenvalue weighted by Gasteiger charge is -1.89. The maximum Gasteiger partial charge on any atom is 0.0819 e. The second-order valence-electron chi connectivity index (χ2n) is 2.41. The highest BCUT2D eigenvalue weighted by Gasteiger charge is 1.98. The second kappa shape index (κ2) is 2.59. The van der Waals surface area contributed by atoms with E-state index in [-0.39, 0.29) is 0 Å². The molecule has 1 aromatic carbocycles. The first kappa shape index (κ1) is 5.67. The number of para-hydroxylation sites is 1. The molecule has 0 aliphatic carbocycles. The molecule has 0 aliphatic rings. The van der Waals surface area contributed by atoms with E-state index in [0.29, 0.717) is 12.1 Å². The molecule has 11 heavy (non-hydrogen) atoms. The van der Waals surface area contributed by atoms with Gasteiger partial charge in [0.05, 0.1) is 1.37 Å². The molecule has 1 aromatic heterocycles. The van der Waals surface area contributed by atoms with E-state index in [9.17, 15) is 0 Å². The van der Waals surface area contributed by atoms with Crippen LogP contribution in [-0.4, -0.2) is 4.98 Å². The molecular weight excluding hydrogens is 158 g/mol. The summed E-state index contributed by atoms with van der Waals surface area (Å²) in [6.07, 6.45) is 0.422. The summed E-state index contributed by atoms with van der Waals surface area (Å²) in [7, 11) is 0. The van der Waals surface area contributed by atoms with Crippen LogP contribution in [0.2, 0.25) is 0 Å². The largest absolute Gasteiger partial charge is 0.361 e. The third-order valence-electron chi connectivity index (χ3n) is 1.73. The summed E-state index contributed by atoms with van der Waals surface area (Å²) in [5.41, 5.74) is 1.87. The smallest absolute Gasteiger partial charge is 0.0819 e. The molecule has 2 aromatic rings. The Balaban J connectivity index is 2.81. The van der Waals surface area contributed by atoms with Crippen LogP contribution in [0.15, 0.2) is 30.4 Å². The maximum absolute atomic E-state index is 7.56. The van der Waals surface area contributed by atoms with Crippen LogP contribution < -0.4 is 0 Å². The van der Waals surface area contributed by atoms with Gasteiger partial charge in [-0.3, -0.25) is 0 Å². The van der Waals surface area contributed by atoms with Crippen molar-refractivity contribution in [1.29, 1.82) is 0 Å². The van der Waals surface area contributed by atoms with Crippen LogP contribution in [0.4, 0.5) is 0 Å². The molecule has 2 rings (SSSR count). The number of H-pyrrole nitrogens is 1. The maximum atomic E-state index is 7.56. The standard InChI is InChI=1S/C9H8ClN/c10-5-7-6-11-9-4-2-1-3-8(7)9/h1-4,6,11H,5H2/i6D. The van der Waals surface area contributed by atoms with Crippen molar-refractivity contribution in [3.05, 3.63) is 36.0 Å². The van der Waals surface area contributed by atoms with Crippen molar-refractivity contribution in [3.8, 4) is 0 Å². The first-order chi connectivity index (χ1) is 5.83. The van der Waals surface area contributed by atoms with Gasteiger partial charge in [-0.2, -0.15) is 0 Å². The lowest BCUT2D eigenvalue weighted by molar-refractivity contribution is 1.39. The Hall–Kier alpha value is -0.950. The Morgan fingerprint density at radius 1 is 1.45 bits per heavy atom. The average molecular weight is 167 g/mol. The van der Waals surface area contributed by atoms with Crippen LogP contribution in [0, 0.1) is 0 Å². The predicted octanol–water partition coefficient (Wildman–Crippen LogP) is 2.91. The van der Waals surface area contributed by atoms with E-state index < -0.39 is 0 Å². The first-order valence-electron chi connectivity index (χ1n) is 3.95. The minimum Gasteiger partial charge on any atom is -0.361 e. The molecule has 0 unspecified atom stereocenters. The fourth-order valence-corrected chi connectivity index (χ4v) is 1.38. The monoisotopic (exact) mass is 166 g/mol. The number of halogens is 1. The van der Waals surface area contributed by atoms with Crippen LogP contribution in [0.1, 0.15) is 6.93 Å². The summed E-state index contributed by atoms with van der Waals surface area (Å²) in [4.78, 5) is 2.96. The molecule has 56 valence electrons. The van der Waals surface area contributed by atoms with E-state index in [1.54, 1.807) is 0 Å². The number of rotatable bonds is 1. The van der Waals surface area contributed by atoms with E-state index in [0.717, 1.165) is 16.5 Å². The van der Waals surface area contributed by atoms with E-state index in [1.807, 2.05) is 24.3 Å². The van der Waals surface area contributed by atoms with Gasteiger partial charge in [0, 0.05) is 23.0 Å². The first-order valence-corrected chi connectivity index (χ1v) is 3.98. The van der Waals surface area contributed by atoms with E-state index in [2.05, 4.69) is 4.98 Å². The van der Waals surface area contributed by atoms with Crippen LogP contribution in [0.3, 0.4) is 0 Å². The van der Waals surface area contributed by atoms with E-state index >= 15 is 0 Å². The molecule has 0 fully saturated rings. The van der Waals surface area contributed by atoms with Gasteiger partial charge in [-0.05, 0) is 11.6 Å². The zero-order chi connectivity index (χ0) is 8.55. The molecule has 1 N–H and O–H groups in total. The van der Waals surface area contributed by atoms with Gasteiger partial charge in [0.15, 0.2) is 0 Å². The van der Waals surface area contributed by atoms with Gasteiger partial charge in [-0.1, -0.05) is 18.2 Å². The highest BCUT2D eigenvalue weighted by molar-refractivity contribution is 6.18. The Labute approximate surface area is 71.4 Å². The van der Waals surface area contributed by atoms with Gasteiger partial charge in [0.25, 0.3) is 0 Å². The molecule has 0 amide bonds. The molecular formula is C9H8ClN. The third-order valence-corrected chi connectivity index (χ3v) is 2.00. The number of fused-ring (bicyclic) bond motifs is 1. The number of hydrogen-bond donors (Lipinski definition) is 1. The number of hydrogen-bond acceptors (Lipinski definition) is 0. The van der Waals surface area contributed by atoms with Crippen molar-refractivity contribution in [2.24, 2.45) is 0 Å². The van der Waals surface area contributed by atoms with Gasteiger partial charge >= 0.3 is 0 Å². The van der Waals surface area contributed by atoms with Crippen molar-refractivity contribution in [1.82, 2.24) is 4.98 Å². The highest BCUT2D eigenvalue weighted by Crippen LogP contribution is 2.18. The van der Waals surface area contributed by atoms with Gasteiger partial charge in [0.2, 0.25) is 0 Å². The molecule has 0 saturated heterocycles. The molecule has 0 bridgehead atoms. The SMILES string of the molecule is [2H]c1[nH]c2ccccc2c1CCl. The van der Waals surface area contributed by atoms with Crippen molar-refractivity contribution in [2.75, 3.05) is 0 Å². The third kappa shape index (κ3) is 1.02. The average Bonchev–Trinajstić information content (AvgIpc) is 2.40. The van der Waals surface area contributed by atoms with Crippen molar-refractivity contribution >= 4 is 22.5 Å². The lowest BCUT2D eigenvalue weighted by atomic mass is 10.2. The van der Waals surface area contributed by atoms with Crippen molar-refractivity contribution in [3.63, 3.8) is 0 Å². The Morgan fingerprint density at radius 2 is 2.27 bits per heavy atom. The van der Waals surface area contributed by atoms with Crippen LogP contribution in [0.25, 0.3) is 10.9 Å². The summed E-state index contributed by atoms with van der Waals surface area (Å²) in [5.74, 6) is 0.392. The minimum atomic E-state index is 0.392. The van der Waals surface area contributed by atoms with Gasteiger partial charge < -0.3 is 4.98 Å². The van der Waals surface area contributed by atoms with Crippen LogP contribution in [0.5, 0.6) is 0 Å². The predicted molar refractivity (Wildman–Crippen MR) is 47.9 cm³/mol. The quantitative estimate of drug-likeness (QED) is 0.627. The molecule has 2 heteroatoms. The summed E-state index contributed by atoms with van der Waals surface area (Å²) in [5, 5.41) is 1.05. The Morgan fingerprint density at radius 3 is 3.09 bits per heavy atom. The molecule has 0 aliphatic heterocycles. The summed E-state index contributed by atoms with van der Waals surface area (Å²) in [6, 6.07) is 7.81. The van der Waals surface area contributed by atoms with E-state index in [1.165, 1.54) is 0 Å². The van der Waals surface area contributed by atoms with Crippen molar-refractivity contribution in [2.45, 2.75) is 5.88 Å². The Kier molecular flexibility index (Phi) is 1.33. The number of aromatic amines is 1. The number of alkyl halides is 1. The van der Waals surface area contributed by atoms with E-state index in [4.69, 9.17) is 13.0 Å². The van der Waals surface area contributed by atoms with Crippen LogP contribution >= 0.6 is 11.6 Å². The number of benzene rings is 1. The number of nitrogens with one attached hydrogen (secondary N) is 1. The second-order valence-corrected chi connectivity index (χ2v) is 2.68. The van der Waals surface area contributed by atoms with Crippen LogP contribution in [-0.2, 0) is 5.88 Å². The highest BCUT2D eigenvalue weighted by atomic mass is 35.5. The van der Waals surface area contributed by atoms with Gasteiger partial charge in [-0.15, -0.1) is 11.6 Å². The molecule has 0 atom stereocenters. The molecule has 1 nitrogen and oxygen atoms in total. The zero-order valence-electron chi connectivity index (χ0n) is 6.89. The fourth-order valence-electron chi connectivity index (χ4n) is 1.17. The fraction of sp³-hybridized carbons (Fsp3) is 0.111. The zero-order valence-corrected chi connectivity index (χ0v) is 6.65. The number of aromatic nitrogens is 1.